The van der Waals surface area contributed by atoms with E-state index in [2.05, 4.69) is 11.2 Å². The summed E-state index contributed by atoms with van der Waals surface area (Å²) >= 11 is 0. The lowest BCUT2D eigenvalue weighted by Gasteiger charge is -2.18. The number of para-hydroxylation sites is 1. The summed E-state index contributed by atoms with van der Waals surface area (Å²) in [5.74, 6) is 1.16. The molecule has 0 bridgehead atoms. The van der Waals surface area contributed by atoms with Crippen LogP contribution in [0.5, 0.6) is 5.75 Å². The first-order chi connectivity index (χ1) is 8.27. The van der Waals surface area contributed by atoms with Gasteiger partial charge in [-0.25, -0.2) is 0 Å². The van der Waals surface area contributed by atoms with Crippen molar-refractivity contribution in [3.8, 4) is 5.75 Å². The molecule has 0 fully saturated rings. The number of fused-ring (bicyclic) bond motifs is 1. The van der Waals surface area contributed by atoms with Crippen LogP contribution in [0.15, 0.2) is 36.5 Å². The minimum Gasteiger partial charge on any atom is -0.493 e. The molecule has 4 nitrogen and oxygen atoms in total. The van der Waals surface area contributed by atoms with Gasteiger partial charge in [-0.05, 0) is 12.1 Å². The van der Waals surface area contributed by atoms with E-state index in [-0.39, 0.29) is 12.0 Å². The zero-order chi connectivity index (χ0) is 11.8. The number of rotatable bonds is 2. The van der Waals surface area contributed by atoms with Gasteiger partial charge >= 0.3 is 0 Å². The Hall–Kier alpha value is -1.81. The lowest BCUT2D eigenvalue weighted by Crippen LogP contribution is -2.23. The molecule has 2 N–H and O–H groups in total. The third kappa shape index (κ3) is 1.61. The van der Waals surface area contributed by atoms with Crippen LogP contribution in [0.2, 0.25) is 0 Å². The standard InChI is InChI=1S/C13H15N3O/c1-16-11(6-7-15-16)13(14)10-8-17-12-5-3-2-4-9(10)12/h2-7,10,13H,8,14H2,1H3. The SMILES string of the molecule is Cn1nccc1C(N)C1COc2ccccc21. The first-order valence-electron chi connectivity index (χ1n) is 5.72. The predicted octanol–water partition coefficient (Wildman–Crippen LogP) is 1.60. The first kappa shape index (κ1) is 10.4. The summed E-state index contributed by atoms with van der Waals surface area (Å²) in [5.41, 5.74) is 8.55. The van der Waals surface area contributed by atoms with Crippen molar-refractivity contribution in [2.75, 3.05) is 6.61 Å². The average Bonchev–Trinajstić information content (AvgIpc) is 2.94. The fraction of sp³-hybridized carbons (Fsp3) is 0.308. The highest BCUT2D eigenvalue weighted by molar-refractivity contribution is 5.41. The van der Waals surface area contributed by atoms with Gasteiger partial charge in [-0.1, -0.05) is 18.2 Å². The van der Waals surface area contributed by atoms with Crippen LogP contribution in [-0.2, 0) is 7.05 Å². The van der Waals surface area contributed by atoms with E-state index in [1.165, 1.54) is 5.56 Å². The summed E-state index contributed by atoms with van der Waals surface area (Å²) < 4.78 is 7.49. The molecule has 0 spiro atoms. The maximum atomic E-state index is 6.32. The number of benzene rings is 1. The average molecular weight is 229 g/mol. The highest BCUT2D eigenvalue weighted by atomic mass is 16.5. The molecule has 2 heterocycles. The summed E-state index contributed by atoms with van der Waals surface area (Å²) in [6.07, 6.45) is 1.77. The Bertz CT molecular complexity index is 535. The fourth-order valence-electron chi connectivity index (χ4n) is 2.40. The van der Waals surface area contributed by atoms with Crippen molar-refractivity contribution >= 4 is 0 Å². The third-order valence-corrected chi connectivity index (χ3v) is 3.37. The molecule has 3 rings (SSSR count). The van der Waals surface area contributed by atoms with Crippen LogP contribution in [0.3, 0.4) is 0 Å². The molecule has 17 heavy (non-hydrogen) atoms. The maximum absolute atomic E-state index is 6.32. The number of nitrogens with zero attached hydrogens (tertiary/aromatic N) is 2. The van der Waals surface area contributed by atoms with Crippen molar-refractivity contribution in [2.24, 2.45) is 12.8 Å². The lowest BCUT2D eigenvalue weighted by molar-refractivity contribution is 0.312. The largest absolute Gasteiger partial charge is 0.493 e. The van der Waals surface area contributed by atoms with E-state index >= 15 is 0 Å². The van der Waals surface area contributed by atoms with Gasteiger partial charge < -0.3 is 10.5 Å². The van der Waals surface area contributed by atoms with E-state index in [9.17, 15) is 0 Å². The van der Waals surface area contributed by atoms with E-state index in [1.807, 2.05) is 36.0 Å². The Morgan fingerprint density at radius 3 is 3.00 bits per heavy atom. The zero-order valence-corrected chi connectivity index (χ0v) is 9.71. The van der Waals surface area contributed by atoms with Crippen molar-refractivity contribution < 1.29 is 4.74 Å². The quantitative estimate of drug-likeness (QED) is 0.851. The van der Waals surface area contributed by atoms with Crippen molar-refractivity contribution in [1.29, 1.82) is 0 Å². The molecule has 0 saturated heterocycles. The van der Waals surface area contributed by atoms with Gasteiger partial charge in [0.25, 0.3) is 0 Å². The number of nitrogens with two attached hydrogens (primary N) is 1. The van der Waals surface area contributed by atoms with Gasteiger partial charge in [-0.15, -0.1) is 0 Å². The summed E-state index contributed by atoms with van der Waals surface area (Å²) in [4.78, 5) is 0. The summed E-state index contributed by atoms with van der Waals surface area (Å²) in [6, 6.07) is 9.97. The zero-order valence-electron chi connectivity index (χ0n) is 9.71. The highest BCUT2D eigenvalue weighted by Crippen LogP contribution is 2.39. The van der Waals surface area contributed by atoms with Gasteiger partial charge in [-0.3, -0.25) is 4.68 Å². The minimum absolute atomic E-state index is 0.0776. The molecule has 0 saturated carbocycles. The van der Waals surface area contributed by atoms with Crippen LogP contribution >= 0.6 is 0 Å². The second kappa shape index (κ2) is 3.89. The molecule has 88 valence electrons. The Kier molecular flexibility index (Phi) is 2.37. The lowest BCUT2D eigenvalue weighted by atomic mass is 9.92. The van der Waals surface area contributed by atoms with Crippen LogP contribution < -0.4 is 10.5 Å². The Morgan fingerprint density at radius 1 is 1.41 bits per heavy atom. The summed E-state index contributed by atoms with van der Waals surface area (Å²) in [6.45, 7) is 0.645. The van der Waals surface area contributed by atoms with E-state index in [4.69, 9.17) is 10.5 Å². The summed E-state index contributed by atoms with van der Waals surface area (Å²) in [5, 5.41) is 4.16. The molecule has 2 aromatic rings. The van der Waals surface area contributed by atoms with Crippen LogP contribution in [0.1, 0.15) is 23.2 Å². The third-order valence-electron chi connectivity index (χ3n) is 3.37. The molecular weight excluding hydrogens is 214 g/mol. The topological polar surface area (TPSA) is 53.1 Å². The van der Waals surface area contributed by atoms with Crippen LogP contribution in [-0.4, -0.2) is 16.4 Å². The number of hydrogen-bond donors (Lipinski definition) is 1. The van der Waals surface area contributed by atoms with Crippen molar-refractivity contribution in [3.05, 3.63) is 47.8 Å². The number of ether oxygens (including phenoxy) is 1. The molecule has 1 aliphatic rings. The van der Waals surface area contributed by atoms with Crippen molar-refractivity contribution in [1.82, 2.24) is 9.78 Å². The minimum atomic E-state index is -0.0776. The van der Waals surface area contributed by atoms with E-state index in [1.54, 1.807) is 6.20 Å². The number of aryl methyl sites for hydroxylation is 1. The monoisotopic (exact) mass is 229 g/mol. The maximum Gasteiger partial charge on any atom is 0.122 e. The normalized spacial score (nSPS) is 19.8. The number of aromatic nitrogens is 2. The van der Waals surface area contributed by atoms with E-state index < -0.39 is 0 Å². The highest BCUT2D eigenvalue weighted by Gasteiger charge is 2.31. The molecule has 0 aliphatic carbocycles. The van der Waals surface area contributed by atoms with Crippen LogP contribution in [0.4, 0.5) is 0 Å². The van der Waals surface area contributed by atoms with Gasteiger partial charge in [-0.2, -0.15) is 5.10 Å². The summed E-state index contributed by atoms with van der Waals surface area (Å²) in [7, 11) is 1.91. The van der Waals surface area contributed by atoms with Crippen LogP contribution in [0.25, 0.3) is 0 Å². The molecule has 4 heteroatoms. The molecule has 1 aromatic heterocycles. The fourth-order valence-corrected chi connectivity index (χ4v) is 2.40. The number of hydrogen-bond acceptors (Lipinski definition) is 3. The second-order valence-electron chi connectivity index (χ2n) is 4.36. The molecular formula is C13H15N3O. The Morgan fingerprint density at radius 2 is 2.24 bits per heavy atom. The molecule has 1 aliphatic heterocycles. The molecule has 2 unspecified atom stereocenters. The van der Waals surface area contributed by atoms with Gasteiger partial charge in [0.05, 0.1) is 18.3 Å². The smallest absolute Gasteiger partial charge is 0.122 e. The van der Waals surface area contributed by atoms with Gasteiger partial charge in [0, 0.05) is 24.7 Å². The first-order valence-corrected chi connectivity index (χ1v) is 5.72. The predicted molar refractivity (Wildman–Crippen MR) is 64.8 cm³/mol. The Labute approximate surface area is 100 Å². The van der Waals surface area contributed by atoms with Gasteiger partial charge in [0.2, 0.25) is 0 Å². The van der Waals surface area contributed by atoms with Gasteiger partial charge in [0.1, 0.15) is 5.75 Å². The van der Waals surface area contributed by atoms with E-state index in [0.717, 1.165) is 11.4 Å². The molecule has 0 radical (unpaired) electrons. The van der Waals surface area contributed by atoms with Crippen molar-refractivity contribution in [3.63, 3.8) is 0 Å². The van der Waals surface area contributed by atoms with Crippen molar-refractivity contribution in [2.45, 2.75) is 12.0 Å². The van der Waals surface area contributed by atoms with Gasteiger partial charge in [0.15, 0.2) is 0 Å². The molecule has 2 atom stereocenters. The molecule has 0 amide bonds. The van der Waals surface area contributed by atoms with E-state index in [0.29, 0.717) is 6.61 Å². The van der Waals surface area contributed by atoms with Crippen LogP contribution in [0, 0.1) is 0 Å². The second-order valence-corrected chi connectivity index (χ2v) is 4.36. The Balaban J connectivity index is 1.95. The molecule has 1 aromatic carbocycles.